The van der Waals surface area contributed by atoms with Gasteiger partial charge in [-0.05, 0) is 58.3 Å². The molecule has 0 aromatic rings. The molecule has 4 fully saturated rings. The Hall–Kier alpha value is -1.59. The molecule has 4 bridgehead atoms. The number of ketones is 1. The van der Waals surface area contributed by atoms with Crippen LogP contribution in [0.15, 0.2) is 0 Å². The van der Waals surface area contributed by atoms with Crippen LogP contribution in [0, 0.1) is 23.2 Å². The van der Waals surface area contributed by atoms with E-state index in [1.807, 2.05) is 6.92 Å². The van der Waals surface area contributed by atoms with Crippen molar-refractivity contribution in [2.24, 2.45) is 23.2 Å². The van der Waals surface area contributed by atoms with Gasteiger partial charge in [-0.3, -0.25) is 9.59 Å². The Morgan fingerprint density at radius 1 is 1.12 bits per heavy atom. The van der Waals surface area contributed by atoms with Crippen molar-refractivity contribution in [2.45, 2.75) is 64.9 Å². The highest BCUT2D eigenvalue weighted by Gasteiger charge is 2.57. The molecule has 6 heteroatoms. The van der Waals surface area contributed by atoms with E-state index in [-0.39, 0.29) is 11.8 Å². The van der Waals surface area contributed by atoms with Gasteiger partial charge in [-0.15, -0.1) is 0 Å². The summed E-state index contributed by atoms with van der Waals surface area (Å²) in [6.07, 6.45) is 3.71. The fraction of sp³-hybridized carbons (Fsp3) is 0.833. The van der Waals surface area contributed by atoms with Gasteiger partial charge in [0.1, 0.15) is 11.4 Å². The van der Waals surface area contributed by atoms with E-state index in [1.165, 1.54) is 0 Å². The molecule has 0 heterocycles. The van der Waals surface area contributed by atoms with Gasteiger partial charge in [-0.1, -0.05) is 6.92 Å². The normalized spacial score (nSPS) is 34.1. The average molecular weight is 338 g/mol. The molecule has 134 valence electrons. The molecular formula is C18H26O6. The second kappa shape index (κ2) is 6.05. The molecule has 0 saturated heterocycles. The zero-order valence-corrected chi connectivity index (χ0v) is 14.6. The lowest BCUT2D eigenvalue weighted by Gasteiger charge is -2.54. The zero-order valence-electron chi connectivity index (χ0n) is 14.6. The van der Waals surface area contributed by atoms with Crippen LogP contribution in [0.25, 0.3) is 0 Å². The highest BCUT2D eigenvalue weighted by molar-refractivity contribution is 5.86. The van der Waals surface area contributed by atoms with Gasteiger partial charge < -0.3 is 14.2 Å². The number of carbonyl (C=O) groups excluding carboxylic acids is 3. The first-order chi connectivity index (χ1) is 11.2. The number of Topliss-reactive ketones (excluding diaryl/α,β-unsaturated/α-hetero) is 1. The lowest BCUT2D eigenvalue weighted by Crippen LogP contribution is -2.56. The first-order valence-corrected chi connectivity index (χ1v) is 8.81. The molecule has 24 heavy (non-hydrogen) atoms. The van der Waals surface area contributed by atoms with Crippen molar-refractivity contribution < 1.29 is 28.6 Å². The van der Waals surface area contributed by atoms with Gasteiger partial charge in [0.15, 0.2) is 0 Å². The van der Waals surface area contributed by atoms with Crippen molar-refractivity contribution in [3.05, 3.63) is 0 Å². The number of hydrogen-bond donors (Lipinski definition) is 0. The van der Waals surface area contributed by atoms with Crippen molar-refractivity contribution in [3.8, 4) is 0 Å². The van der Waals surface area contributed by atoms with Crippen LogP contribution in [0.4, 0.5) is 4.79 Å². The number of ether oxygens (including phenoxy) is 3. The summed E-state index contributed by atoms with van der Waals surface area (Å²) in [4.78, 5) is 36.0. The molecule has 0 spiro atoms. The van der Waals surface area contributed by atoms with E-state index in [1.54, 1.807) is 13.8 Å². The number of carbonyl (C=O) groups is 3. The predicted octanol–water partition coefficient (Wildman–Crippen LogP) is 3.22. The fourth-order valence-electron chi connectivity index (χ4n) is 4.48. The molecule has 0 aromatic carbocycles. The SMILES string of the molecule is CCC(C)(C)C(=O)OCOC(=O)OC12CC3CC(C1)C(=O)C(C3)C2. The Bertz CT molecular complexity index is 534. The average Bonchev–Trinajstić information content (AvgIpc) is 2.51. The van der Waals surface area contributed by atoms with Crippen LogP contribution in [0.1, 0.15) is 59.3 Å². The maximum absolute atomic E-state index is 12.1. The molecule has 0 N–H and O–H groups in total. The molecule has 0 radical (unpaired) electrons. The molecule has 4 saturated carbocycles. The Morgan fingerprint density at radius 2 is 1.75 bits per heavy atom. The minimum Gasteiger partial charge on any atom is -0.428 e. The molecule has 4 aliphatic carbocycles. The van der Waals surface area contributed by atoms with E-state index >= 15 is 0 Å². The second-order valence-corrected chi connectivity index (χ2v) is 8.21. The minimum atomic E-state index is -0.813. The second-order valence-electron chi connectivity index (χ2n) is 8.21. The van der Waals surface area contributed by atoms with Crippen LogP contribution in [0.3, 0.4) is 0 Å². The molecule has 2 unspecified atom stereocenters. The first kappa shape index (κ1) is 17.2. The van der Waals surface area contributed by atoms with E-state index in [0.717, 1.165) is 19.3 Å². The maximum atomic E-state index is 12.1. The largest absolute Gasteiger partial charge is 0.511 e. The zero-order chi connectivity index (χ0) is 17.5. The number of esters is 1. The van der Waals surface area contributed by atoms with E-state index in [9.17, 15) is 14.4 Å². The molecule has 0 aromatic heterocycles. The minimum absolute atomic E-state index is 0.0345. The molecular weight excluding hydrogens is 312 g/mol. The fourth-order valence-corrected chi connectivity index (χ4v) is 4.48. The summed E-state index contributed by atoms with van der Waals surface area (Å²) >= 11 is 0. The van der Waals surface area contributed by atoms with Crippen LogP contribution in [0.5, 0.6) is 0 Å². The van der Waals surface area contributed by atoms with Crippen LogP contribution < -0.4 is 0 Å². The van der Waals surface area contributed by atoms with Crippen molar-refractivity contribution in [1.82, 2.24) is 0 Å². The summed E-state index contributed by atoms with van der Waals surface area (Å²) in [5.41, 5.74) is -1.16. The van der Waals surface area contributed by atoms with Gasteiger partial charge in [0, 0.05) is 11.8 Å². The summed E-state index contributed by atoms with van der Waals surface area (Å²) in [6.45, 7) is 5.01. The summed E-state index contributed by atoms with van der Waals surface area (Å²) < 4.78 is 15.5. The molecule has 4 aliphatic rings. The van der Waals surface area contributed by atoms with Gasteiger partial charge in [0.25, 0.3) is 0 Å². The van der Waals surface area contributed by atoms with Crippen LogP contribution in [0.2, 0.25) is 0 Å². The smallest absolute Gasteiger partial charge is 0.428 e. The van der Waals surface area contributed by atoms with Crippen molar-refractivity contribution in [2.75, 3.05) is 6.79 Å². The Morgan fingerprint density at radius 3 is 2.33 bits per heavy atom. The quantitative estimate of drug-likeness (QED) is 0.566. The first-order valence-electron chi connectivity index (χ1n) is 8.81. The third-order valence-electron chi connectivity index (χ3n) is 6.04. The summed E-state index contributed by atoms with van der Waals surface area (Å²) in [5.74, 6) is 0.475. The molecule has 2 atom stereocenters. The molecule has 0 aliphatic heterocycles. The van der Waals surface area contributed by atoms with Crippen LogP contribution in [-0.4, -0.2) is 30.3 Å². The van der Waals surface area contributed by atoms with E-state index in [4.69, 9.17) is 14.2 Å². The van der Waals surface area contributed by atoms with Gasteiger partial charge in [-0.2, -0.15) is 0 Å². The lowest BCUT2D eigenvalue weighted by atomic mass is 9.53. The summed E-state index contributed by atoms with van der Waals surface area (Å²) in [6, 6.07) is 0. The monoisotopic (exact) mass is 338 g/mol. The third kappa shape index (κ3) is 3.15. The van der Waals surface area contributed by atoms with Gasteiger partial charge >= 0.3 is 12.1 Å². The van der Waals surface area contributed by atoms with Crippen molar-refractivity contribution in [1.29, 1.82) is 0 Å². The summed E-state index contributed by atoms with van der Waals surface area (Å²) in [7, 11) is 0. The standard InChI is InChI=1S/C18H26O6/c1-4-17(2,3)15(20)22-10-23-16(21)24-18-7-11-5-12(8-18)14(19)13(6-11)9-18/h11-13H,4-10H2,1-3H3. The number of rotatable bonds is 5. The van der Waals surface area contributed by atoms with Crippen LogP contribution >= 0.6 is 0 Å². The highest BCUT2D eigenvalue weighted by atomic mass is 16.8. The lowest BCUT2D eigenvalue weighted by molar-refractivity contribution is -0.176. The van der Waals surface area contributed by atoms with Crippen molar-refractivity contribution >= 4 is 17.9 Å². The van der Waals surface area contributed by atoms with Gasteiger partial charge in [0.05, 0.1) is 5.41 Å². The van der Waals surface area contributed by atoms with E-state index in [0.29, 0.717) is 31.0 Å². The maximum Gasteiger partial charge on any atom is 0.511 e. The van der Waals surface area contributed by atoms with Crippen LogP contribution in [-0.2, 0) is 23.8 Å². The van der Waals surface area contributed by atoms with Crippen molar-refractivity contribution in [3.63, 3.8) is 0 Å². The number of hydrogen-bond acceptors (Lipinski definition) is 6. The summed E-state index contributed by atoms with van der Waals surface area (Å²) in [5, 5.41) is 0. The van der Waals surface area contributed by atoms with Gasteiger partial charge in [-0.25, -0.2) is 4.79 Å². The predicted molar refractivity (Wildman–Crippen MR) is 83.9 cm³/mol. The third-order valence-corrected chi connectivity index (χ3v) is 6.04. The highest BCUT2D eigenvalue weighted by Crippen LogP contribution is 2.55. The molecule has 0 amide bonds. The Balaban J connectivity index is 1.49. The van der Waals surface area contributed by atoms with E-state index < -0.39 is 29.9 Å². The Kier molecular flexibility index (Phi) is 4.34. The van der Waals surface area contributed by atoms with Gasteiger partial charge in [0.2, 0.25) is 6.79 Å². The molecule has 6 nitrogen and oxygen atoms in total. The van der Waals surface area contributed by atoms with E-state index in [2.05, 4.69) is 0 Å². The Labute approximate surface area is 142 Å². The molecule has 4 rings (SSSR count). The topological polar surface area (TPSA) is 78.9 Å².